The molecule has 0 amide bonds. The average Bonchev–Trinajstić information content (AvgIpc) is 2.39. The number of hydrogen-bond donors (Lipinski definition) is 1. The Morgan fingerprint density at radius 3 is 2.21 bits per heavy atom. The quantitative estimate of drug-likeness (QED) is 0.724. The van der Waals surface area contributed by atoms with Gasteiger partial charge in [0, 0.05) is 44.0 Å². The minimum absolute atomic E-state index is 0.0671. The summed E-state index contributed by atoms with van der Waals surface area (Å²) in [7, 11) is -2.81. The van der Waals surface area contributed by atoms with Crippen LogP contribution in [0.2, 0.25) is 0 Å². The van der Waals surface area contributed by atoms with Crippen LogP contribution in [0.25, 0.3) is 0 Å². The Balaban J connectivity index is 2.28. The number of hydrogen-bond acceptors (Lipinski definition) is 5. The van der Waals surface area contributed by atoms with E-state index in [1.165, 1.54) is 0 Å². The summed E-state index contributed by atoms with van der Waals surface area (Å²) in [5.74, 6) is 0.573. The molecule has 0 bridgehead atoms. The summed E-state index contributed by atoms with van der Waals surface area (Å²) in [6.45, 7) is 11.7. The molecule has 0 atom stereocenters. The van der Waals surface area contributed by atoms with Crippen molar-refractivity contribution in [2.75, 3.05) is 50.8 Å². The maximum atomic E-state index is 11.4. The normalized spacial score (nSPS) is 19.8. The van der Waals surface area contributed by atoms with E-state index in [2.05, 4.69) is 23.6 Å². The standard InChI is InChI=1S/C13H29N3O2S/c1-4-19(17,18)11-5-6-15-7-9-16(10-8-15)13(2,3)12-14/h4-12,14H2,1-3H3. The summed E-state index contributed by atoms with van der Waals surface area (Å²) in [4.78, 5) is 4.78. The van der Waals surface area contributed by atoms with Gasteiger partial charge in [-0.1, -0.05) is 6.92 Å². The van der Waals surface area contributed by atoms with E-state index in [4.69, 9.17) is 5.73 Å². The molecule has 0 spiro atoms. The van der Waals surface area contributed by atoms with Crippen molar-refractivity contribution in [2.45, 2.75) is 32.7 Å². The Bertz CT molecular complexity index is 360. The molecule has 0 unspecified atom stereocenters. The van der Waals surface area contributed by atoms with Gasteiger partial charge in [-0.15, -0.1) is 0 Å². The first-order chi connectivity index (χ1) is 8.80. The number of nitrogens with two attached hydrogens (primary N) is 1. The highest BCUT2D eigenvalue weighted by Gasteiger charge is 2.28. The number of piperazine rings is 1. The monoisotopic (exact) mass is 291 g/mol. The molecule has 0 aromatic rings. The van der Waals surface area contributed by atoms with E-state index in [1.807, 2.05) is 0 Å². The summed E-state index contributed by atoms with van der Waals surface area (Å²) in [5.41, 5.74) is 5.86. The summed E-state index contributed by atoms with van der Waals surface area (Å²) in [5, 5.41) is 0. The second-order valence-corrected chi connectivity index (χ2v) is 8.41. The lowest BCUT2D eigenvalue weighted by molar-refractivity contribution is 0.0570. The van der Waals surface area contributed by atoms with E-state index < -0.39 is 9.84 Å². The maximum Gasteiger partial charge on any atom is 0.150 e. The smallest absolute Gasteiger partial charge is 0.150 e. The Morgan fingerprint density at radius 1 is 1.16 bits per heavy atom. The fraction of sp³-hybridized carbons (Fsp3) is 1.00. The van der Waals surface area contributed by atoms with E-state index in [9.17, 15) is 8.42 Å². The van der Waals surface area contributed by atoms with Crippen LogP contribution in [0, 0.1) is 0 Å². The third-order valence-electron chi connectivity index (χ3n) is 4.10. The maximum absolute atomic E-state index is 11.4. The van der Waals surface area contributed by atoms with Crippen molar-refractivity contribution in [1.82, 2.24) is 9.80 Å². The molecule has 0 saturated carbocycles. The van der Waals surface area contributed by atoms with E-state index in [1.54, 1.807) is 6.92 Å². The van der Waals surface area contributed by atoms with Crippen molar-refractivity contribution in [2.24, 2.45) is 5.73 Å². The minimum atomic E-state index is -2.81. The molecule has 5 nitrogen and oxygen atoms in total. The lowest BCUT2D eigenvalue weighted by Gasteiger charge is -2.43. The van der Waals surface area contributed by atoms with Gasteiger partial charge in [-0.05, 0) is 26.8 Å². The zero-order chi connectivity index (χ0) is 14.5. The summed E-state index contributed by atoms with van der Waals surface area (Å²) in [6.07, 6.45) is 0.746. The van der Waals surface area contributed by atoms with Gasteiger partial charge in [0.25, 0.3) is 0 Å². The molecular weight excluding hydrogens is 262 g/mol. The molecule has 1 fully saturated rings. The highest BCUT2D eigenvalue weighted by Crippen LogP contribution is 2.15. The molecule has 2 N–H and O–H groups in total. The first kappa shape index (κ1) is 16.9. The van der Waals surface area contributed by atoms with Crippen LogP contribution in [-0.4, -0.2) is 74.5 Å². The lowest BCUT2D eigenvalue weighted by Crippen LogP contribution is -2.57. The highest BCUT2D eigenvalue weighted by atomic mass is 32.2. The Labute approximate surface area is 118 Å². The summed E-state index contributed by atoms with van der Waals surface area (Å²) < 4.78 is 22.8. The van der Waals surface area contributed by atoms with Crippen LogP contribution in [0.3, 0.4) is 0 Å². The van der Waals surface area contributed by atoms with Gasteiger partial charge in [0.15, 0.2) is 0 Å². The van der Waals surface area contributed by atoms with Crippen molar-refractivity contribution in [3.8, 4) is 0 Å². The van der Waals surface area contributed by atoms with Crippen LogP contribution >= 0.6 is 0 Å². The molecule has 0 radical (unpaired) electrons. The SMILES string of the molecule is CCS(=O)(=O)CCCN1CCN(C(C)(C)CN)CC1. The van der Waals surface area contributed by atoms with Gasteiger partial charge >= 0.3 is 0 Å². The van der Waals surface area contributed by atoms with E-state index in [0.717, 1.165) is 39.1 Å². The van der Waals surface area contributed by atoms with Crippen LogP contribution in [0.4, 0.5) is 0 Å². The van der Waals surface area contributed by atoms with Crippen LogP contribution in [0.1, 0.15) is 27.2 Å². The molecule has 6 heteroatoms. The predicted octanol–water partition coefficient (Wildman–Crippen LogP) is 0.166. The van der Waals surface area contributed by atoms with Gasteiger partial charge in [0.2, 0.25) is 0 Å². The second kappa shape index (κ2) is 7.02. The van der Waals surface area contributed by atoms with Gasteiger partial charge < -0.3 is 10.6 Å². The molecule has 0 aromatic carbocycles. The summed E-state index contributed by atoms with van der Waals surface area (Å²) >= 11 is 0. The van der Waals surface area contributed by atoms with Gasteiger partial charge in [-0.3, -0.25) is 4.90 Å². The van der Waals surface area contributed by atoms with Crippen LogP contribution in [-0.2, 0) is 9.84 Å². The average molecular weight is 291 g/mol. The minimum Gasteiger partial charge on any atom is -0.329 e. The van der Waals surface area contributed by atoms with E-state index in [0.29, 0.717) is 12.3 Å². The number of sulfone groups is 1. The molecule has 0 aromatic heterocycles. The van der Waals surface area contributed by atoms with Gasteiger partial charge in [-0.2, -0.15) is 0 Å². The molecule has 1 aliphatic rings. The number of rotatable bonds is 7. The Hall–Kier alpha value is -0.170. The summed E-state index contributed by atoms with van der Waals surface area (Å²) in [6, 6.07) is 0. The van der Waals surface area contributed by atoms with Gasteiger partial charge in [-0.25, -0.2) is 8.42 Å². The third-order valence-corrected chi connectivity index (χ3v) is 5.89. The third kappa shape index (κ3) is 5.38. The Kier molecular flexibility index (Phi) is 6.23. The van der Waals surface area contributed by atoms with Crippen molar-refractivity contribution in [3.05, 3.63) is 0 Å². The largest absolute Gasteiger partial charge is 0.329 e. The first-order valence-electron chi connectivity index (χ1n) is 7.18. The zero-order valence-electron chi connectivity index (χ0n) is 12.6. The van der Waals surface area contributed by atoms with Crippen LogP contribution in [0.5, 0.6) is 0 Å². The molecule has 1 saturated heterocycles. The molecule has 0 aliphatic carbocycles. The highest BCUT2D eigenvalue weighted by molar-refractivity contribution is 7.91. The molecular formula is C13H29N3O2S. The molecule has 1 aliphatic heterocycles. The van der Waals surface area contributed by atoms with Crippen LogP contribution in [0.15, 0.2) is 0 Å². The number of nitrogens with zero attached hydrogens (tertiary/aromatic N) is 2. The first-order valence-corrected chi connectivity index (χ1v) is 9.01. The fourth-order valence-corrected chi connectivity index (χ4v) is 3.22. The van der Waals surface area contributed by atoms with Crippen molar-refractivity contribution >= 4 is 9.84 Å². The zero-order valence-corrected chi connectivity index (χ0v) is 13.4. The van der Waals surface area contributed by atoms with Crippen LogP contribution < -0.4 is 5.73 Å². The van der Waals surface area contributed by atoms with Crippen molar-refractivity contribution in [3.63, 3.8) is 0 Å². The van der Waals surface area contributed by atoms with Crippen molar-refractivity contribution < 1.29 is 8.42 Å². The lowest BCUT2D eigenvalue weighted by atomic mass is 10.0. The van der Waals surface area contributed by atoms with E-state index >= 15 is 0 Å². The molecule has 19 heavy (non-hydrogen) atoms. The topological polar surface area (TPSA) is 66.6 Å². The second-order valence-electron chi connectivity index (χ2n) is 5.94. The fourth-order valence-electron chi connectivity index (χ4n) is 2.36. The molecule has 1 rings (SSSR count). The molecule has 1 heterocycles. The van der Waals surface area contributed by atoms with Gasteiger partial charge in [0.05, 0.1) is 5.75 Å². The molecule has 114 valence electrons. The Morgan fingerprint density at radius 2 is 1.74 bits per heavy atom. The van der Waals surface area contributed by atoms with Crippen molar-refractivity contribution in [1.29, 1.82) is 0 Å². The van der Waals surface area contributed by atoms with Gasteiger partial charge in [0.1, 0.15) is 9.84 Å². The van der Waals surface area contributed by atoms with E-state index in [-0.39, 0.29) is 11.3 Å². The predicted molar refractivity (Wildman–Crippen MR) is 80.1 cm³/mol.